The third-order valence-electron chi connectivity index (χ3n) is 5.26. The predicted molar refractivity (Wildman–Crippen MR) is 111 cm³/mol. The van der Waals surface area contributed by atoms with Gasteiger partial charge in [0.2, 0.25) is 6.29 Å². The van der Waals surface area contributed by atoms with Crippen LogP contribution in [0.4, 0.5) is 4.79 Å². The van der Waals surface area contributed by atoms with Crippen LogP contribution in [0.25, 0.3) is 0 Å². The second-order valence-corrected chi connectivity index (χ2v) is 9.48. The molecule has 0 bridgehead atoms. The van der Waals surface area contributed by atoms with Crippen LogP contribution >= 0.6 is 15.9 Å². The third kappa shape index (κ3) is 4.63. The molecule has 0 saturated heterocycles. The Kier molecular flexibility index (Phi) is 6.03. The summed E-state index contributed by atoms with van der Waals surface area (Å²) in [6.07, 6.45) is 2.15. The number of carbonyl (C=O) groups is 2. The second kappa shape index (κ2) is 8.05. The maximum atomic E-state index is 12.1. The molecule has 7 nitrogen and oxygen atoms in total. The number of rotatable bonds is 3. The smallest absolute Gasteiger partial charge is 0.407 e. The van der Waals surface area contributed by atoms with E-state index in [2.05, 4.69) is 21.2 Å². The Morgan fingerprint density at radius 3 is 2.28 bits per heavy atom. The number of nitrogens with one attached hydrogen (secondary N) is 1. The van der Waals surface area contributed by atoms with Crippen LogP contribution < -0.4 is 14.8 Å². The van der Waals surface area contributed by atoms with Crippen molar-refractivity contribution in [1.29, 1.82) is 0 Å². The number of carboxylic acid groups (broad SMARTS) is 1. The summed E-state index contributed by atoms with van der Waals surface area (Å²) < 4.78 is 17.4. The number of hydrogen-bond acceptors (Lipinski definition) is 5. The van der Waals surface area contributed by atoms with Gasteiger partial charge in [0.25, 0.3) is 0 Å². The lowest BCUT2D eigenvalue weighted by atomic mass is 9.79. The highest BCUT2D eigenvalue weighted by molar-refractivity contribution is 9.10. The van der Waals surface area contributed by atoms with Gasteiger partial charge in [-0.15, -0.1) is 0 Å². The number of carbonyl (C=O) groups excluding carboxylic acids is 1. The highest BCUT2D eigenvalue weighted by Gasteiger charge is 2.36. The number of alkyl carbamates (subject to hydrolysis) is 1. The van der Waals surface area contributed by atoms with E-state index in [1.807, 2.05) is 20.8 Å². The van der Waals surface area contributed by atoms with E-state index in [1.54, 1.807) is 13.8 Å². The highest BCUT2D eigenvalue weighted by atomic mass is 79.9. The van der Waals surface area contributed by atoms with Gasteiger partial charge >= 0.3 is 12.1 Å². The summed E-state index contributed by atoms with van der Waals surface area (Å²) >= 11 is 3.58. The predicted octanol–water partition coefficient (Wildman–Crippen LogP) is 5.12. The van der Waals surface area contributed by atoms with E-state index in [9.17, 15) is 14.7 Å². The summed E-state index contributed by atoms with van der Waals surface area (Å²) in [5, 5.41) is 12.8. The van der Waals surface area contributed by atoms with Gasteiger partial charge in [0.15, 0.2) is 11.5 Å². The zero-order valence-corrected chi connectivity index (χ0v) is 19.0. The van der Waals surface area contributed by atoms with E-state index >= 15 is 0 Å². The molecule has 0 radical (unpaired) electrons. The van der Waals surface area contributed by atoms with Crippen molar-refractivity contribution in [3.8, 4) is 11.5 Å². The van der Waals surface area contributed by atoms with Crippen LogP contribution in [0.1, 0.15) is 80.8 Å². The van der Waals surface area contributed by atoms with Crippen molar-refractivity contribution in [2.24, 2.45) is 0 Å². The first-order chi connectivity index (χ1) is 13.5. The molecule has 1 atom stereocenters. The number of amides is 1. The molecule has 1 aliphatic heterocycles. The van der Waals surface area contributed by atoms with Gasteiger partial charge in [-0.25, -0.2) is 9.59 Å². The summed E-state index contributed by atoms with van der Waals surface area (Å²) in [4.78, 5) is 24.1. The lowest BCUT2D eigenvalue weighted by Gasteiger charge is -2.31. The largest absolute Gasteiger partial charge is 0.478 e. The Morgan fingerprint density at radius 2 is 1.72 bits per heavy atom. The van der Waals surface area contributed by atoms with Gasteiger partial charge in [0, 0.05) is 18.5 Å². The Balaban J connectivity index is 1.79. The molecular weight excluding hydrogens is 442 g/mol. The molecule has 1 aromatic rings. The van der Waals surface area contributed by atoms with Crippen LogP contribution in [0.2, 0.25) is 0 Å². The number of halogens is 1. The quantitative estimate of drug-likeness (QED) is 0.637. The fourth-order valence-corrected chi connectivity index (χ4v) is 4.88. The molecule has 3 rings (SSSR count). The molecule has 1 aliphatic carbocycles. The first-order valence-corrected chi connectivity index (χ1v) is 10.7. The van der Waals surface area contributed by atoms with Crippen molar-refractivity contribution >= 4 is 28.0 Å². The molecule has 160 valence electrons. The lowest BCUT2D eigenvalue weighted by molar-refractivity contribution is 0.0491. The van der Waals surface area contributed by atoms with E-state index in [1.165, 1.54) is 0 Å². The van der Waals surface area contributed by atoms with E-state index in [-0.39, 0.29) is 17.5 Å². The maximum Gasteiger partial charge on any atom is 0.407 e. The van der Waals surface area contributed by atoms with Gasteiger partial charge in [-0.2, -0.15) is 0 Å². The van der Waals surface area contributed by atoms with Crippen molar-refractivity contribution in [3.63, 3.8) is 0 Å². The molecule has 1 amide bonds. The third-order valence-corrected chi connectivity index (χ3v) is 6.05. The van der Waals surface area contributed by atoms with Crippen LogP contribution in [0.3, 0.4) is 0 Å². The van der Waals surface area contributed by atoms with Crippen LogP contribution in [-0.2, 0) is 4.74 Å². The molecule has 0 spiro atoms. The summed E-state index contributed by atoms with van der Waals surface area (Å²) in [5.74, 6) is 0.142. The molecule has 1 heterocycles. The fraction of sp³-hybridized carbons (Fsp3) is 0.619. The van der Waals surface area contributed by atoms with E-state index < -0.39 is 24.0 Å². The fourth-order valence-electron chi connectivity index (χ4n) is 4.08. The molecule has 1 aromatic carbocycles. The molecule has 1 fully saturated rings. The van der Waals surface area contributed by atoms with Crippen molar-refractivity contribution in [2.45, 2.75) is 84.2 Å². The minimum Gasteiger partial charge on any atom is -0.478 e. The van der Waals surface area contributed by atoms with Gasteiger partial charge in [-0.1, -0.05) is 0 Å². The highest BCUT2D eigenvalue weighted by Crippen LogP contribution is 2.51. The second-order valence-electron chi connectivity index (χ2n) is 8.69. The number of aromatic carboxylic acids is 1. The number of fused-ring (bicyclic) bond motifs is 1. The summed E-state index contributed by atoms with van der Waals surface area (Å²) in [6, 6.07) is 0.0169. The number of ether oxygens (including phenoxy) is 3. The average molecular weight is 470 g/mol. The van der Waals surface area contributed by atoms with Crippen LogP contribution in [-0.4, -0.2) is 35.1 Å². The Morgan fingerprint density at radius 1 is 1.14 bits per heavy atom. The standard InChI is InChI=1S/C21H28BrNO6/c1-10-14(19(24)25)15(16(22)18-17(10)27-11(2)28-18)12-6-8-13(9-7-12)23-20(26)29-21(3,4)5/h11-13H,6-9H2,1-5H3,(H,23,26)(H,24,25)/t11-,12?,13?/m1/s1. The van der Waals surface area contributed by atoms with Gasteiger partial charge in [0.1, 0.15) is 5.60 Å². The zero-order chi connectivity index (χ0) is 21.5. The topological polar surface area (TPSA) is 94.1 Å². The van der Waals surface area contributed by atoms with Crippen molar-refractivity contribution in [3.05, 3.63) is 21.2 Å². The summed E-state index contributed by atoms with van der Waals surface area (Å²) in [6.45, 7) is 9.03. The van der Waals surface area contributed by atoms with E-state index in [4.69, 9.17) is 14.2 Å². The Labute approximate surface area is 179 Å². The normalized spacial score (nSPS) is 23.6. The monoisotopic (exact) mass is 469 g/mol. The Bertz CT molecular complexity index is 824. The molecule has 2 N–H and O–H groups in total. The molecule has 1 saturated carbocycles. The average Bonchev–Trinajstić information content (AvgIpc) is 2.99. The van der Waals surface area contributed by atoms with E-state index in [0.717, 1.165) is 31.2 Å². The van der Waals surface area contributed by atoms with Crippen LogP contribution in [0.5, 0.6) is 11.5 Å². The minimum absolute atomic E-state index is 0.0169. The van der Waals surface area contributed by atoms with Crippen LogP contribution in [0, 0.1) is 6.92 Å². The first kappa shape index (κ1) is 21.7. The van der Waals surface area contributed by atoms with Gasteiger partial charge in [-0.05, 0) is 80.8 Å². The minimum atomic E-state index is -0.974. The van der Waals surface area contributed by atoms with Crippen LogP contribution in [0.15, 0.2) is 4.47 Å². The van der Waals surface area contributed by atoms with E-state index in [0.29, 0.717) is 21.5 Å². The first-order valence-electron chi connectivity index (χ1n) is 9.90. The zero-order valence-electron chi connectivity index (χ0n) is 17.4. The molecule has 0 unspecified atom stereocenters. The molecule has 8 heteroatoms. The lowest BCUT2D eigenvalue weighted by Crippen LogP contribution is -2.40. The van der Waals surface area contributed by atoms with Crippen molar-refractivity contribution in [2.75, 3.05) is 0 Å². The van der Waals surface area contributed by atoms with Gasteiger partial charge in [0.05, 0.1) is 10.0 Å². The van der Waals surface area contributed by atoms with Gasteiger partial charge in [-0.3, -0.25) is 0 Å². The number of carboxylic acids is 1. The van der Waals surface area contributed by atoms with Gasteiger partial charge < -0.3 is 24.6 Å². The summed E-state index contributed by atoms with van der Waals surface area (Å²) in [7, 11) is 0. The van der Waals surface area contributed by atoms with Crippen molar-refractivity contribution < 1.29 is 28.9 Å². The molecular formula is C21H28BrNO6. The summed E-state index contributed by atoms with van der Waals surface area (Å²) in [5.41, 5.74) is 1.08. The number of hydrogen-bond donors (Lipinski definition) is 2. The maximum absolute atomic E-state index is 12.1. The van der Waals surface area contributed by atoms with Crippen molar-refractivity contribution in [1.82, 2.24) is 5.32 Å². The SMILES string of the molecule is Cc1c2c(c(Br)c(C3CCC(NC(=O)OC(C)(C)C)CC3)c1C(=O)O)O[C@H](C)O2. The molecule has 0 aromatic heterocycles. The molecule has 2 aliphatic rings. The Hall–Kier alpha value is -1.96. The molecule has 29 heavy (non-hydrogen) atoms. The number of benzene rings is 1.